The van der Waals surface area contributed by atoms with Crippen molar-refractivity contribution in [3.63, 3.8) is 0 Å². The molecule has 0 radical (unpaired) electrons. The van der Waals surface area contributed by atoms with Crippen molar-refractivity contribution in [3.05, 3.63) is 42.4 Å². The molecule has 142 valence electrons. The fourth-order valence-electron chi connectivity index (χ4n) is 4.08. The van der Waals surface area contributed by atoms with Gasteiger partial charge in [0.1, 0.15) is 11.2 Å². The zero-order valence-corrected chi connectivity index (χ0v) is 15.8. The Balaban J connectivity index is 1.38. The van der Waals surface area contributed by atoms with Gasteiger partial charge in [0.15, 0.2) is 5.82 Å². The third-order valence-electron chi connectivity index (χ3n) is 5.80. The summed E-state index contributed by atoms with van der Waals surface area (Å²) in [5, 5.41) is 3.10. The topological polar surface area (TPSA) is 74.2 Å². The number of nitrogens with one attached hydrogen (secondary N) is 1. The molecule has 1 N–H and O–H groups in total. The van der Waals surface area contributed by atoms with E-state index in [4.69, 9.17) is 0 Å². The quantitative estimate of drug-likeness (QED) is 0.883. The maximum Gasteiger partial charge on any atom is 0.240 e. The summed E-state index contributed by atoms with van der Waals surface area (Å²) in [6.07, 6.45) is 8.26. The molecule has 2 aromatic heterocycles. The van der Waals surface area contributed by atoms with E-state index in [0.717, 1.165) is 63.2 Å². The van der Waals surface area contributed by atoms with Crippen LogP contribution in [0.15, 0.2) is 36.8 Å². The molecule has 2 aliphatic rings. The number of likely N-dealkylation sites (N-methyl/N-ethyl adjacent to an activating group) is 1. The molecule has 4 heterocycles. The van der Waals surface area contributed by atoms with Crippen LogP contribution in [0.5, 0.6) is 0 Å². The zero-order valence-electron chi connectivity index (χ0n) is 15.8. The molecule has 0 unspecified atom stereocenters. The number of carbonyl (C=O) groups is 1. The van der Waals surface area contributed by atoms with Crippen LogP contribution in [-0.2, 0) is 11.3 Å². The molecule has 0 atom stereocenters. The number of aromatic nitrogens is 3. The Bertz CT molecular complexity index is 771. The maximum atomic E-state index is 12.6. The molecule has 1 amide bonds. The van der Waals surface area contributed by atoms with Crippen molar-refractivity contribution >= 4 is 5.91 Å². The van der Waals surface area contributed by atoms with E-state index in [2.05, 4.69) is 37.1 Å². The number of hydrogen-bond donors (Lipinski definition) is 1. The predicted molar refractivity (Wildman–Crippen MR) is 103 cm³/mol. The Kier molecular flexibility index (Phi) is 5.13. The monoisotopic (exact) mass is 366 g/mol. The molecule has 2 fully saturated rings. The van der Waals surface area contributed by atoms with Crippen LogP contribution in [0.25, 0.3) is 11.5 Å². The molecule has 27 heavy (non-hydrogen) atoms. The Morgan fingerprint density at radius 1 is 1.11 bits per heavy atom. The van der Waals surface area contributed by atoms with Crippen molar-refractivity contribution in [2.24, 2.45) is 0 Å². The summed E-state index contributed by atoms with van der Waals surface area (Å²) in [6, 6.07) is 5.73. The smallest absolute Gasteiger partial charge is 0.240 e. The third-order valence-corrected chi connectivity index (χ3v) is 5.80. The van der Waals surface area contributed by atoms with Crippen LogP contribution in [0.4, 0.5) is 0 Å². The van der Waals surface area contributed by atoms with E-state index < -0.39 is 0 Å². The molecule has 0 bridgehead atoms. The van der Waals surface area contributed by atoms with Crippen LogP contribution in [0.1, 0.15) is 24.8 Å². The molecule has 2 aliphatic heterocycles. The number of likely N-dealkylation sites (tertiary alicyclic amines) is 1. The van der Waals surface area contributed by atoms with Crippen LogP contribution >= 0.6 is 0 Å². The first-order valence-corrected chi connectivity index (χ1v) is 9.62. The second kappa shape index (κ2) is 7.70. The number of amides is 1. The number of carbonyl (C=O) groups excluding carboxylic acids is 1. The Morgan fingerprint density at radius 2 is 1.89 bits per heavy atom. The van der Waals surface area contributed by atoms with Crippen molar-refractivity contribution in [2.75, 3.05) is 33.2 Å². The van der Waals surface area contributed by atoms with Crippen molar-refractivity contribution in [1.82, 2.24) is 30.1 Å². The second-order valence-corrected chi connectivity index (χ2v) is 7.47. The number of pyridine rings is 1. The van der Waals surface area contributed by atoms with E-state index in [0.29, 0.717) is 5.82 Å². The Hall–Kier alpha value is -2.38. The second-order valence-electron chi connectivity index (χ2n) is 7.47. The molecule has 4 rings (SSSR count). The molecule has 2 aromatic rings. The highest BCUT2D eigenvalue weighted by Gasteiger charge is 2.45. The van der Waals surface area contributed by atoms with Gasteiger partial charge in [-0.05, 0) is 38.4 Å². The lowest BCUT2D eigenvalue weighted by molar-refractivity contribution is -0.134. The lowest BCUT2D eigenvalue weighted by atomic mass is 9.85. The minimum atomic E-state index is -0.341. The summed E-state index contributed by atoms with van der Waals surface area (Å²) in [6.45, 7) is 4.37. The van der Waals surface area contributed by atoms with Gasteiger partial charge in [0.25, 0.3) is 0 Å². The van der Waals surface area contributed by atoms with Crippen molar-refractivity contribution in [1.29, 1.82) is 0 Å². The van der Waals surface area contributed by atoms with Gasteiger partial charge in [-0.3, -0.25) is 19.6 Å². The van der Waals surface area contributed by atoms with Gasteiger partial charge in [-0.1, -0.05) is 6.07 Å². The van der Waals surface area contributed by atoms with Crippen molar-refractivity contribution in [3.8, 4) is 11.5 Å². The van der Waals surface area contributed by atoms with Crippen LogP contribution in [0.2, 0.25) is 0 Å². The van der Waals surface area contributed by atoms with Gasteiger partial charge >= 0.3 is 0 Å². The average molecular weight is 366 g/mol. The molecule has 0 aromatic carbocycles. The minimum absolute atomic E-state index is 0.199. The van der Waals surface area contributed by atoms with Crippen LogP contribution in [-0.4, -0.2) is 69.4 Å². The molecule has 7 nitrogen and oxygen atoms in total. The molecule has 1 spiro atoms. The summed E-state index contributed by atoms with van der Waals surface area (Å²) in [4.78, 5) is 30.5. The number of hydrogen-bond acceptors (Lipinski definition) is 6. The van der Waals surface area contributed by atoms with Gasteiger partial charge in [-0.2, -0.15) is 0 Å². The molecule has 7 heteroatoms. The van der Waals surface area contributed by atoms with E-state index in [-0.39, 0.29) is 11.4 Å². The lowest BCUT2D eigenvalue weighted by Crippen LogP contribution is -2.60. The van der Waals surface area contributed by atoms with Crippen LogP contribution in [0, 0.1) is 0 Å². The largest absolute Gasteiger partial charge is 0.354 e. The maximum absolute atomic E-state index is 12.6. The van der Waals surface area contributed by atoms with Gasteiger partial charge < -0.3 is 5.32 Å². The Morgan fingerprint density at radius 3 is 2.59 bits per heavy atom. The van der Waals surface area contributed by atoms with E-state index in [1.807, 2.05) is 30.6 Å². The minimum Gasteiger partial charge on any atom is -0.354 e. The van der Waals surface area contributed by atoms with Gasteiger partial charge in [0.2, 0.25) is 5.91 Å². The fraction of sp³-hybridized carbons (Fsp3) is 0.500. The zero-order chi connectivity index (χ0) is 18.7. The first-order chi connectivity index (χ1) is 13.2. The first kappa shape index (κ1) is 18.0. The van der Waals surface area contributed by atoms with E-state index in [9.17, 15) is 4.79 Å². The summed E-state index contributed by atoms with van der Waals surface area (Å²) < 4.78 is 0. The average Bonchev–Trinajstić information content (AvgIpc) is 2.85. The van der Waals surface area contributed by atoms with E-state index in [1.54, 1.807) is 6.20 Å². The van der Waals surface area contributed by atoms with Crippen molar-refractivity contribution in [2.45, 2.75) is 31.3 Å². The SMILES string of the molecule is CN1CCCNC(=O)C12CCN(Cc1cnc(-c3ccccn3)nc1)CC2. The number of rotatable bonds is 3. The molecule has 0 saturated carbocycles. The molecular weight excluding hydrogens is 340 g/mol. The summed E-state index contributed by atoms with van der Waals surface area (Å²) in [5.74, 6) is 0.846. The highest BCUT2D eigenvalue weighted by atomic mass is 16.2. The van der Waals surface area contributed by atoms with Gasteiger partial charge in [0.05, 0.1) is 0 Å². The summed E-state index contributed by atoms with van der Waals surface area (Å²) in [5.41, 5.74) is 1.53. The van der Waals surface area contributed by atoms with Crippen LogP contribution < -0.4 is 5.32 Å². The highest BCUT2D eigenvalue weighted by Crippen LogP contribution is 2.30. The highest BCUT2D eigenvalue weighted by molar-refractivity contribution is 5.86. The van der Waals surface area contributed by atoms with Crippen molar-refractivity contribution < 1.29 is 4.79 Å². The number of piperidine rings is 1. The summed E-state index contributed by atoms with van der Waals surface area (Å²) in [7, 11) is 2.09. The molecule has 2 saturated heterocycles. The van der Waals surface area contributed by atoms with Gasteiger partial charge in [0, 0.05) is 56.9 Å². The van der Waals surface area contributed by atoms with Gasteiger partial charge in [-0.25, -0.2) is 9.97 Å². The molecular formula is C20H26N6O. The Labute approximate surface area is 159 Å². The van der Waals surface area contributed by atoms with E-state index >= 15 is 0 Å². The molecule has 0 aliphatic carbocycles. The predicted octanol–water partition coefficient (Wildman–Crippen LogP) is 1.32. The summed E-state index contributed by atoms with van der Waals surface area (Å²) >= 11 is 0. The fourth-order valence-corrected chi connectivity index (χ4v) is 4.08. The normalized spacial score (nSPS) is 21.0. The van der Waals surface area contributed by atoms with Gasteiger partial charge in [-0.15, -0.1) is 0 Å². The third kappa shape index (κ3) is 3.70. The number of nitrogens with zero attached hydrogens (tertiary/aromatic N) is 5. The standard InChI is InChI=1S/C20H26N6O/c1-25-10-4-9-22-19(27)20(25)6-11-26(12-7-20)15-16-13-23-18(24-14-16)17-5-2-3-8-21-17/h2-3,5,8,13-14H,4,6-7,9-12,15H2,1H3,(H,22,27). The van der Waals surface area contributed by atoms with E-state index in [1.165, 1.54) is 0 Å². The lowest BCUT2D eigenvalue weighted by Gasteiger charge is -2.45. The van der Waals surface area contributed by atoms with Crippen LogP contribution in [0.3, 0.4) is 0 Å². The first-order valence-electron chi connectivity index (χ1n) is 9.62.